The molecule has 0 aromatic carbocycles. The van der Waals surface area contributed by atoms with Crippen LogP contribution in [0.4, 0.5) is 0 Å². The van der Waals surface area contributed by atoms with E-state index in [1.807, 2.05) is 21.1 Å². The van der Waals surface area contributed by atoms with Gasteiger partial charge < -0.3 is 23.7 Å². The van der Waals surface area contributed by atoms with Gasteiger partial charge >= 0.3 is 7.60 Å². The first kappa shape index (κ1) is 30.0. The Balaban J connectivity index is 3.44. The molecule has 182 valence electrons. The van der Waals surface area contributed by atoms with Crippen LogP contribution in [0, 0.1) is 0 Å². The van der Waals surface area contributed by atoms with Crippen molar-refractivity contribution in [2.24, 2.45) is 0 Å². The van der Waals surface area contributed by atoms with Gasteiger partial charge in [-0.2, -0.15) is 0 Å². The van der Waals surface area contributed by atoms with E-state index in [0.29, 0.717) is 13.0 Å². The van der Waals surface area contributed by atoms with Crippen molar-refractivity contribution in [2.75, 3.05) is 53.7 Å². The van der Waals surface area contributed by atoms with Gasteiger partial charge in [-0.15, -0.1) is 0 Å². The van der Waals surface area contributed by atoms with E-state index in [1.165, 1.54) is 64.2 Å². The Kier molecular flexibility index (Phi) is 18.6. The average molecular weight is 453 g/mol. The standard InChI is InChI=1S/C23H50NO5P/c1-5-6-7-8-9-10-11-12-13-14-15-16-19-28-21-23(25)22-29-30(26,27)20-17-18-24(2,3)4/h23,25H,5-22H2,1-4H3/p+1/t23-/m1/s1. The minimum Gasteiger partial charge on any atom is -0.388 e. The number of aliphatic hydroxyl groups is 1. The van der Waals surface area contributed by atoms with Crippen LogP contribution in [-0.2, 0) is 13.8 Å². The van der Waals surface area contributed by atoms with Crippen LogP contribution in [0.2, 0.25) is 0 Å². The highest BCUT2D eigenvalue weighted by molar-refractivity contribution is 7.52. The van der Waals surface area contributed by atoms with Crippen molar-refractivity contribution in [3.63, 3.8) is 0 Å². The van der Waals surface area contributed by atoms with E-state index in [9.17, 15) is 14.6 Å². The highest BCUT2D eigenvalue weighted by Crippen LogP contribution is 2.42. The number of rotatable bonds is 22. The van der Waals surface area contributed by atoms with Gasteiger partial charge in [-0.3, -0.25) is 4.57 Å². The summed E-state index contributed by atoms with van der Waals surface area (Å²) in [5.74, 6) is 0. The summed E-state index contributed by atoms with van der Waals surface area (Å²) in [5, 5.41) is 9.87. The molecule has 0 aromatic rings. The summed E-state index contributed by atoms with van der Waals surface area (Å²) in [6.45, 7) is 3.67. The second-order valence-electron chi connectivity index (χ2n) is 9.64. The number of nitrogens with zero attached hydrogens (tertiary/aromatic N) is 1. The van der Waals surface area contributed by atoms with Crippen LogP contribution < -0.4 is 0 Å². The van der Waals surface area contributed by atoms with Crippen molar-refractivity contribution < 1.29 is 28.3 Å². The zero-order valence-corrected chi connectivity index (χ0v) is 21.2. The molecule has 6 nitrogen and oxygen atoms in total. The fourth-order valence-electron chi connectivity index (χ4n) is 3.32. The molecule has 0 saturated heterocycles. The van der Waals surface area contributed by atoms with Crippen molar-refractivity contribution in [2.45, 2.75) is 96.5 Å². The maximum atomic E-state index is 12.0. The molecule has 0 saturated carbocycles. The van der Waals surface area contributed by atoms with Crippen molar-refractivity contribution in [3.8, 4) is 0 Å². The average Bonchev–Trinajstić information content (AvgIpc) is 2.65. The lowest BCUT2D eigenvalue weighted by Gasteiger charge is -2.24. The van der Waals surface area contributed by atoms with Crippen molar-refractivity contribution in [1.29, 1.82) is 0 Å². The summed E-state index contributed by atoms with van der Waals surface area (Å²) >= 11 is 0. The highest BCUT2D eigenvalue weighted by Gasteiger charge is 2.22. The number of hydrogen-bond donors (Lipinski definition) is 2. The van der Waals surface area contributed by atoms with Crippen LogP contribution >= 0.6 is 7.60 Å². The summed E-state index contributed by atoms with van der Waals surface area (Å²) in [6, 6.07) is 0. The Labute approximate surface area is 186 Å². The van der Waals surface area contributed by atoms with Crippen LogP contribution in [0.3, 0.4) is 0 Å². The van der Waals surface area contributed by atoms with Crippen LogP contribution in [0.15, 0.2) is 0 Å². The zero-order chi connectivity index (χ0) is 22.7. The van der Waals surface area contributed by atoms with Gasteiger partial charge in [0.2, 0.25) is 0 Å². The summed E-state index contributed by atoms with van der Waals surface area (Å²) in [6.07, 6.45) is 15.5. The Hall–Kier alpha value is 0.0300. The molecular formula is C23H51NO5P+. The molecule has 0 spiro atoms. The predicted octanol–water partition coefficient (Wildman–Crippen LogP) is 5.36. The third-order valence-corrected chi connectivity index (χ3v) is 6.62. The van der Waals surface area contributed by atoms with E-state index in [-0.39, 0.29) is 19.4 Å². The molecule has 0 aliphatic heterocycles. The molecule has 0 bridgehead atoms. The number of ether oxygens (including phenoxy) is 1. The Morgan fingerprint density at radius 2 is 1.30 bits per heavy atom. The topological polar surface area (TPSA) is 76.0 Å². The van der Waals surface area contributed by atoms with Crippen molar-refractivity contribution in [3.05, 3.63) is 0 Å². The van der Waals surface area contributed by atoms with Gasteiger partial charge in [-0.25, -0.2) is 0 Å². The minimum absolute atomic E-state index is 0.120. The predicted molar refractivity (Wildman–Crippen MR) is 126 cm³/mol. The molecule has 0 heterocycles. The summed E-state index contributed by atoms with van der Waals surface area (Å²) in [5.41, 5.74) is 0. The van der Waals surface area contributed by atoms with Gasteiger partial charge in [0.25, 0.3) is 0 Å². The lowest BCUT2D eigenvalue weighted by Crippen LogP contribution is -2.35. The quantitative estimate of drug-likeness (QED) is 0.131. The van der Waals surface area contributed by atoms with Crippen LogP contribution in [0.1, 0.15) is 90.4 Å². The van der Waals surface area contributed by atoms with Crippen LogP contribution in [0.5, 0.6) is 0 Å². The lowest BCUT2D eigenvalue weighted by molar-refractivity contribution is -0.870. The normalized spacial score (nSPS) is 15.3. The van der Waals surface area contributed by atoms with Crippen molar-refractivity contribution in [1.82, 2.24) is 0 Å². The fourth-order valence-corrected chi connectivity index (χ4v) is 4.40. The molecule has 0 rings (SSSR count). The molecule has 0 aromatic heterocycles. The molecule has 7 heteroatoms. The molecule has 0 amide bonds. The van der Waals surface area contributed by atoms with Crippen molar-refractivity contribution >= 4 is 7.60 Å². The Morgan fingerprint density at radius 3 is 1.80 bits per heavy atom. The van der Waals surface area contributed by atoms with E-state index < -0.39 is 13.7 Å². The molecule has 0 aliphatic rings. The Bertz CT molecular complexity index is 428. The first-order valence-electron chi connectivity index (χ1n) is 12.2. The fraction of sp³-hybridized carbons (Fsp3) is 1.00. The molecule has 0 fully saturated rings. The third kappa shape index (κ3) is 22.7. The van der Waals surface area contributed by atoms with Gasteiger partial charge in [0, 0.05) is 13.0 Å². The highest BCUT2D eigenvalue weighted by atomic mass is 31.2. The number of unbranched alkanes of at least 4 members (excludes halogenated alkanes) is 11. The number of quaternary nitrogens is 1. The largest absolute Gasteiger partial charge is 0.388 e. The van der Waals surface area contributed by atoms with Crippen LogP contribution in [0.25, 0.3) is 0 Å². The van der Waals surface area contributed by atoms with E-state index in [1.54, 1.807) is 0 Å². The maximum Gasteiger partial charge on any atom is 0.328 e. The first-order valence-corrected chi connectivity index (χ1v) is 13.9. The van der Waals surface area contributed by atoms with Gasteiger partial charge in [0.15, 0.2) is 0 Å². The van der Waals surface area contributed by atoms with Gasteiger partial charge in [0.1, 0.15) is 6.10 Å². The number of aliphatic hydroxyl groups excluding tert-OH is 1. The van der Waals surface area contributed by atoms with E-state index in [4.69, 9.17) is 9.26 Å². The monoisotopic (exact) mass is 452 g/mol. The smallest absolute Gasteiger partial charge is 0.328 e. The van der Waals surface area contributed by atoms with Crippen LogP contribution in [-0.4, -0.2) is 74.3 Å². The maximum absolute atomic E-state index is 12.0. The number of hydrogen-bond acceptors (Lipinski definition) is 4. The van der Waals surface area contributed by atoms with Gasteiger partial charge in [-0.1, -0.05) is 77.6 Å². The summed E-state index contributed by atoms with van der Waals surface area (Å²) in [7, 11) is 2.50. The molecule has 1 unspecified atom stereocenters. The van der Waals surface area contributed by atoms with E-state index in [2.05, 4.69) is 6.92 Å². The SMILES string of the molecule is CCCCCCCCCCCCCCOC[C@@H](O)COP(=O)(O)CCC[N+](C)(C)C. The second-order valence-corrected chi connectivity index (χ2v) is 11.6. The molecule has 0 radical (unpaired) electrons. The second kappa shape index (κ2) is 18.6. The summed E-state index contributed by atoms with van der Waals surface area (Å²) < 4.78 is 23.3. The molecule has 0 aliphatic carbocycles. The van der Waals surface area contributed by atoms with Gasteiger partial charge in [0.05, 0.1) is 47.1 Å². The van der Waals surface area contributed by atoms with E-state index >= 15 is 0 Å². The Morgan fingerprint density at radius 1 is 0.800 bits per heavy atom. The molecular weight excluding hydrogens is 401 g/mol. The van der Waals surface area contributed by atoms with E-state index in [0.717, 1.165) is 23.9 Å². The van der Waals surface area contributed by atoms with Gasteiger partial charge in [-0.05, 0) is 6.42 Å². The molecule has 2 N–H and O–H groups in total. The summed E-state index contributed by atoms with van der Waals surface area (Å²) in [4.78, 5) is 9.83. The lowest BCUT2D eigenvalue weighted by atomic mass is 10.1. The molecule has 30 heavy (non-hydrogen) atoms. The third-order valence-electron chi connectivity index (χ3n) is 5.19. The zero-order valence-electron chi connectivity index (χ0n) is 20.3. The molecule has 2 atom stereocenters. The minimum atomic E-state index is -3.63. The first-order chi connectivity index (χ1) is 14.2.